The van der Waals surface area contributed by atoms with Crippen molar-refractivity contribution in [1.29, 1.82) is 0 Å². The summed E-state index contributed by atoms with van der Waals surface area (Å²) in [4.78, 5) is 41.8. The predicted octanol–water partition coefficient (Wildman–Crippen LogP) is 5.23. The monoisotopic (exact) mass is 638 g/mol. The van der Waals surface area contributed by atoms with Gasteiger partial charge in [-0.3, -0.25) is 14.5 Å². The van der Waals surface area contributed by atoms with Crippen molar-refractivity contribution in [3.8, 4) is 0 Å². The first kappa shape index (κ1) is 36.1. The number of rotatable bonds is 15. The van der Waals surface area contributed by atoms with Gasteiger partial charge in [-0.15, -0.1) is 0 Å². The van der Waals surface area contributed by atoms with Crippen LogP contribution in [-0.4, -0.2) is 73.9 Å². The lowest BCUT2D eigenvalue weighted by Crippen LogP contribution is -2.48. The molecule has 2 atom stereocenters. The lowest BCUT2D eigenvalue weighted by atomic mass is 9.99. The number of carbonyl (C=O) groups is 3. The molecule has 9 nitrogen and oxygen atoms in total. The standard InChI is InChI=1S/C35H44F2N4O5/c1-6-11-41(12-7-2)34(44)27-14-23(3)13-26(19-27)33(43)39-31(18-25-15-28(36)20-29(37)16-25)32(42)22-38-21-24-9-8-10-30(17-24)40(4)35(45)46-5/h8-10,13-17,19-20,31-32,38,42H,6-7,11-12,18,21-22H2,1-5H3,(H,39,43)/t31-,32+/m0/s1. The molecular weight excluding hydrogens is 594 g/mol. The minimum absolute atomic E-state index is 0.0281. The SMILES string of the molecule is CCCN(CCC)C(=O)c1cc(C)cc(C(=O)N[C@@H](Cc2cc(F)cc(F)c2)[C@H](O)CNCc2cccc(N(C)C(=O)OC)c2)c1. The number of methoxy groups -OCH3 is 1. The summed E-state index contributed by atoms with van der Waals surface area (Å²) in [6, 6.07) is 14.2. The molecule has 0 saturated carbocycles. The Bertz CT molecular complexity index is 1480. The molecular formula is C35H44F2N4O5. The number of aliphatic hydroxyl groups is 1. The maximum Gasteiger partial charge on any atom is 0.413 e. The quantitative estimate of drug-likeness (QED) is 0.210. The molecule has 3 rings (SSSR count). The van der Waals surface area contributed by atoms with Crippen molar-refractivity contribution in [2.24, 2.45) is 0 Å². The number of hydrogen-bond donors (Lipinski definition) is 3. The Hall–Kier alpha value is -4.35. The smallest absolute Gasteiger partial charge is 0.413 e. The summed E-state index contributed by atoms with van der Waals surface area (Å²) < 4.78 is 32.8. The van der Waals surface area contributed by atoms with Crippen molar-refractivity contribution >= 4 is 23.6 Å². The molecule has 3 amide bonds. The molecule has 0 spiro atoms. The number of amides is 3. The van der Waals surface area contributed by atoms with Crippen LogP contribution < -0.4 is 15.5 Å². The molecule has 3 aromatic rings. The summed E-state index contributed by atoms with van der Waals surface area (Å²) in [7, 11) is 2.88. The zero-order valence-electron chi connectivity index (χ0n) is 27.1. The van der Waals surface area contributed by atoms with Gasteiger partial charge in [0.15, 0.2) is 0 Å². The van der Waals surface area contributed by atoms with Gasteiger partial charge in [-0.05, 0) is 85.3 Å². The lowest BCUT2D eigenvalue weighted by Gasteiger charge is -2.26. The van der Waals surface area contributed by atoms with Gasteiger partial charge < -0.3 is 25.4 Å². The topological polar surface area (TPSA) is 111 Å². The van der Waals surface area contributed by atoms with Gasteiger partial charge >= 0.3 is 6.09 Å². The normalized spacial score (nSPS) is 12.3. The van der Waals surface area contributed by atoms with Gasteiger partial charge in [0.25, 0.3) is 11.8 Å². The first-order chi connectivity index (χ1) is 21.9. The number of ether oxygens (including phenoxy) is 1. The molecule has 0 fully saturated rings. The van der Waals surface area contributed by atoms with Gasteiger partial charge in [0.2, 0.25) is 0 Å². The molecule has 11 heteroatoms. The maximum absolute atomic E-state index is 14.0. The minimum Gasteiger partial charge on any atom is -0.452 e. The second-order valence-corrected chi connectivity index (χ2v) is 11.3. The number of carbonyl (C=O) groups excluding carboxylic acids is 3. The van der Waals surface area contributed by atoms with Crippen molar-refractivity contribution in [3.05, 3.63) is 100 Å². The van der Waals surface area contributed by atoms with Crippen LogP contribution in [0.15, 0.2) is 60.7 Å². The molecule has 0 saturated heterocycles. The maximum atomic E-state index is 14.0. The predicted molar refractivity (Wildman–Crippen MR) is 174 cm³/mol. The van der Waals surface area contributed by atoms with Crippen LogP contribution in [0, 0.1) is 18.6 Å². The molecule has 248 valence electrons. The summed E-state index contributed by atoms with van der Waals surface area (Å²) in [5.41, 5.74) is 3.04. The first-order valence-electron chi connectivity index (χ1n) is 15.4. The first-order valence-corrected chi connectivity index (χ1v) is 15.4. The Balaban J connectivity index is 1.80. The van der Waals surface area contributed by atoms with Gasteiger partial charge in [-0.25, -0.2) is 13.6 Å². The molecule has 0 aliphatic heterocycles. The third kappa shape index (κ3) is 10.3. The van der Waals surface area contributed by atoms with Crippen LogP contribution in [0.5, 0.6) is 0 Å². The fourth-order valence-corrected chi connectivity index (χ4v) is 5.22. The zero-order valence-corrected chi connectivity index (χ0v) is 27.1. The molecule has 0 heterocycles. The third-order valence-electron chi connectivity index (χ3n) is 7.45. The summed E-state index contributed by atoms with van der Waals surface area (Å²) in [6.07, 6.45) is -0.130. The molecule has 0 aliphatic rings. The van der Waals surface area contributed by atoms with Crippen LogP contribution in [0.2, 0.25) is 0 Å². The van der Waals surface area contributed by atoms with Crippen LogP contribution >= 0.6 is 0 Å². The van der Waals surface area contributed by atoms with E-state index in [-0.39, 0.29) is 30.0 Å². The summed E-state index contributed by atoms with van der Waals surface area (Å²) in [5.74, 6) is -2.24. The highest BCUT2D eigenvalue weighted by Crippen LogP contribution is 2.18. The van der Waals surface area contributed by atoms with Gasteiger partial charge in [0.1, 0.15) is 11.6 Å². The van der Waals surface area contributed by atoms with Crippen LogP contribution in [0.3, 0.4) is 0 Å². The van der Waals surface area contributed by atoms with E-state index >= 15 is 0 Å². The molecule has 3 N–H and O–H groups in total. The number of nitrogens with one attached hydrogen (secondary N) is 2. The van der Waals surface area contributed by atoms with Crippen LogP contribution in [0.4, 0.5) is 19.3 Å². The van der Waals surface area contributed by atoms with E-state index in [1.54, 1.807) is 49.2 Å². The Kier molecular flexibility index (Phi) is 13.6. The van der Waals surface area contributed by atoms with E-state index in [0.717, 1.165) is 42.2 Å². The van der Waals surface area contributed by atoms with Crippen molar-refractivity contribution in [1.82, 2.24) is 15.5 Å². The molecule has 0 aliphatic carbocycles. The summed E-state index contributed by atoms with van der Waals surface area (Å²) in [6.45, 7) is 7.33. The van der Waals surface area contributed by atoms with E-state index < -0.39 is 35.8 Å². The van der Waals surface area contributed by atoms with E-state index in [0.29, 0.717) is 30.9 Å². The highest BCUT2D eigenvalue weighted by molar-refractivity contribution is 6.00. The van der Waals surface area contributed by atoms with E-state index in [1.807, 2.05) is 19.9 Å². The second kappa shape index (κ2) is 17.4. The highest BCUT2D eigenvalue weighted by Gasteiger charge is 2.24. The number of anilines is 1. The Morgan fingerprint density at radius 2 is 1.57 bits per heavy atom. The van der Waals surface area contributed by atoms with Crippen molar-refractivity contribution in [2.75, 3.05) is 38.7 Å². The molecule has 0 radical (unpaired) electrons. The largest absolute Gasteiger partial charge is 0.452 e. The van der Waals surface area contributed by atoms with E-state index in [9.17, 15) is 28.3 Å². The zero-order chi connectivity index (χ0) is 33.8. The number of benzene rings is 3. The average molecular weight is 639 g/mol. The number of nitrogens with zero attached hydrogens (tertiary/aromatic N) is 2. The molecule has 0 unspecified atom stereocenters. The average Bonchev–Trinajstić information content (AvgIpc) is 3.02. The van der Waals surface area contributed by atoms with Crippen molar-refractivity contribution in [3.63, 3.8) is 0 Å². The van der Waals surface area contributed by atoms with Crippen LogP contribution in [0.1, 0.15) is 64.1 Å². The van der Waals surface area contributed by atoms with Crippen molar-refractivity contribution in [2.45, 2.75) is 58.7 Å². The summed E-state index contributed by atoms with van der Waals surface area (Å²) >= 11 is 0. The van der Waals surface area contributed by atoms with Gasteiger partial charge in [0, 0.05) is 56.1 Å². The third-order valence-corrected chi connectivity index (χ3v) is 7.45. The van der Waals surface area contributed by atoms with Gasteiger partial charge in [-0.1, -0.05) is 26.0 Å². The van der Waals surface area contributed by atoms with Crippen LogP contribution in [-0.2, 0) is 17.7 Å². The van der Waals surface area contributed by atoms with E-state index in [1.165, 1.54) is 18.1 Å². The molecule has 46 heavy (non-hydrogen) atoms. The van der Waals surface area contributed by atoms with Gasteiger partial charge in [-0.2, -0.15) is 0 Å². The fraction of sp³-hybridized carbons (Fsp3) is 0.400. The van der Waals surface area contributed by atoms with Crippen LogP contribution in [0.25, 0.3) is 0 Å². The van der Waals surface area contributed by atoms with Gasteiger partial charge in [0.05, 0.1) is 19.3 Å². The van der Waals surface area contributed by atoms with E-state index in [2.05, 4.69) is 10.6 Å². The lowest BCUT2D eigenvalue weighted by molar-refractivity contribution is 0.0755. The number of halogens is 2. The Morgan fingerprint density at radius 1 is 0.913 bits per heavy atom. The molecule has 3 aromatic carbocycles. The minimum atomic E-state index is -1.16. The Labute approximate surface area is 269 Å². The fourth-order valence-electron chi connectivity index (χ4n) is 5.22. The summed E-state index contributed by atoms with van der Waals surface area (Å²) in [5, 5.41) is 17.2. The Morgan fingerprint density at radius 3 is 2.20 bits per heavy atom. The molecule has 0 aromatic heterocycles. The highest BCUT2D eigenvalue weighted by atomic mass is 19.1. The number of hydrogen-bond acceptors (Lipinski definition) is 6. The number of aryl methyl sites for hydroxylation is 1. The van der Waals surface area contributed by atoms with Crippen molar-refractivity contribution < 1.29 is 33.0 Å². The molecule has 0 bridgehead atoms. The number of aliphatic hydroxyl groups excluding tert-OH is 1. The second-order valence-electron chi connectivity index (χ2n) is 11.3. The van der Waals surface area contributed by atoms with E-state index in [4.69, 9.17) is 4.74 Å².